The van der Waals surface area contributed by atoms with Gasteiger partial charge in [-0.25, -0.2) is 0 Å². The van der Waals surface area contributed by atoms with Crippen LogP contribution < -0.4 is 15.4 Å². The lowest BCUT2D eigenvalue weighted by atomic mass is 10.2. The van der Waals surface area contributed by atoms with Gasteiger partial charge in [0.1, 0.15) is 11.0 Å². The second-order valence-corrected chi connectivity index (χ2v) is 7.22. The predicted molar refractivity (Wildman–Crippen MR) is 99.6 cm³/mol. The molecule has 1 fully saturated rings. The van der Waals surface area contributed by atoms with Gasteiger partial charge in [-0.15, -0.1) is 0 Å². The molecule has 26 heavy (non-hydrogen) atoms. The summed E-state index contributed by atoms with van der Waals surface area (Å²) in [6.45, 7) is 4.62. The van der Waals surface area contributed by atoms with Crippen LogP contribution in [0.1, 0.15) is 20.3 Å². The molecule has 1 aromatic carbocycles. The quantitative estimate of drug-likeness (QED) is 0.552. The van der Waals surface area contributed by atoms with Crippen LogP contribution in [0.3, 0.4) is 0 Å². The van der Waals surface area contributed by atoms with E-state index < -0.39 is 16.1 Å². The number of nitro groups is 1. The maximum absolute atomic E-state index is 12.3. The van der Waals surface area contributed by atoms with Gasteiger partial charge in [0.2, 0.25) is 11.8 Å². The van der Waals surface area contributed by atoms with Gasteiger partial charge in [0.15, 0.2) is 5.17 Å². The van der Waals surface area contributed by atoms with Gasteiger partial charge in [0.05, 0.1) is 17.7 Å². The summed E-state index contributed by atoms with van der Waals surface area (Å²) in [5.74, 6) is -0.0597. The van der Waals surface area contributed by atoms with Crippen molar-refractivity contribution in [1.82, 2.24) is 5.32 Å². The molecular formula is C16H20N4O5S. The third-order valence-electron chi connectivity index (χ3n) is 3.42. The lowest BCUT2D eigenvalue weighted by Gasteiger charge is -2.11. The third kappa shape index (κ3) is 5.19. The second kappa shape index (κ2) is 8.65. The van der Waals surface area contributed by atoms with Crippen LogP contribution >= 0.6 is 11.8 Å². The summed E-state index contributed by atoms with van der Waals surface area (Å²) in [6, 6.07) is 3.90. The highest BCUT2D eigenvalue weighted by Crippen LogP contribution is 2.30. The molecule has 0 spiro atoms. The molecule has 9 nitrogen and oxygen atoms in total. The molecule has 1 aliphatic rings. The van der Waals surface area contributed by atoms with Crippen LogP contribution in [0.15, 0.2) is 23.2 Å². The number of rotatable bonds is 7. The number of ether oxygens (including phenoxy) is 1. The summed E-state index contributed by atoms with van der Waals surface area (Å²) in [4.78, 5) is 38.9. The van der Waals surface area contributed by atoms with Crippen LogP contribution in [-0.2, 0) is 9.59 Å². The maximum atomic E-state index is 12.3. The Morgan fingerprint density at radius 3 is 2.85 bits per heavy atom. The van der Waals surface area contributed by atoms with Crippen LogP contribution in [0.2, 0.25) is 0 Å². The van der Waals surface area contributed by atoms with Gasteiger partial charge in [0.25, 0.3) is 5.69 Å². The minimum atomic E-state index is -0.592. The first-order valence-corrected chi connectivity index (χ1v) is 8.82. The Bertz CT molecular complexity index is 750. The molecule has 1 unspecified atom stereocenters. The van der Waals surface area contributed by atoms with Crippen LogP contribution in [0.4, 0.5) is 11.4 Å². The molecule has 1 saturated heterocycles. The number of carbonyl (C=O) groups excluding carboxylic acids is 2. The van der Waals surface area contributed by atoms with Gasteiger partial charge < -0.3 is 15.4 Å². The largest absolute Gasteiger partial charge is 0.495 e. The number of anilines is 1. The van der Waals surface area contributed by atoms with E-state index in [4.69, 9.17) is 4.74 Å². The van der Waals surface area contributed by atoms with E-state index in [-0.39, 0.29) is 23.7 Å². The number of aliphatic imine (C=N–C) groups is 1. The van der Waals surface area contributed by atoms with E-state index in [1.807, 2.05) is 13.8 Å². The Morgan fingerprint density at radius 2 is 2.23 bits per heavy atom. The van der Waals surface area contributed by atoms with Crippen molar-refractivity contribution in [3.8, 4) is 5.75 Å². The Morgan fingerprint density at radius 1 is 1.50 bits per heavy atom. The Balaban J connectivity index is 2.03. The first-order chi connectivity index (χ1) is 12.3. The highest BCUT2D eigenvalue weighted by molar-refractivity contribution is 8.15. The number of hydrogen-bond acceptors (Lipinski definition) is 7. The topological polar surface area (TPSA) is 123 Å². The molecule has 10 heteroatoms. The van der Waals surface area contributed by atoms with Crippen molar-refractivity contribution in [3.63, 3.8) is 0 Å². The van der Waals surface area contributed by atoms with E-state index in [1.165, 1.54) is 37.1 Å². The fourth-order valence-corrected chi connectivity index (χ4v) is 3.14. The molecule has 2 rings (SSSR count). The van der Waals surface area contributed by atoms with Gasteiger partial charge in [-0.2, -0.15) is 0 Å². The zero-order chi connectivity index (χ0) is 19.3. The number of amidine groups is 1. The van der Waals surface area contributed by atoms with Crippen LogP contribution in [-0.4, -0.2) is 40.8 Å². The number of methoxy groups -OCH3 is 1. The number of nitrogens with zero attached hydrogens (tertiary/aromatic N) is 2. The Hall–Kier alpha value is -2.62. The number of benzene rings is 1. The standard InChI is InChI=1S/C16H20N4O5S/c1-9(2)8-17-16-19-15(22)13(26-16)7-14(21)18-11-6-10(20(23)24)4-5-12(11)25-3/h4-6,9,13H,7-8H2,1-3H3,(H,18,21)(H,17,19,22). The number of nitro benzene ring substituents is 1. The van der Waals surface area contributed by atoms with E-state index in [0.29, 0.717) is 23.4 Å². The van der Waals surface area contributed by atoms with Crippen LogP contribution in [0, 0.1) is 16.0 Å². The second-order valence-electron chi connectivity index (χ2n) is 6.03. The van der Waals surface area contributed by atoms with Gasteiger partial charge in [0, 0.05) is 25.1 Å². The Kier molecular flexibility index (Phi) is 6.56. The summed E-state index contributed by atoms with van der Waals surface area (Å²) in [7, 11) is 1.40. The minimum Gasteiger partial charge on any atom is -0.495 e. The number of amides is 2. The summed E-state index contributed by atoms with van der Waals surface area (Å²) >= 11 is 1.21. The zero-order valence-corrected chi connectivity index (χ0v) is 15.5. The SMILES string of the molecule is COc1ccc([N+](=O)[O-])cc1NC(=O)CC1SC(=NCC(C)C)NC1=O. The van der Waals surface area contributed by atoms with E-state index in [1.54, 1.807) is 0 Å². The molecule has 0 radical (unpaired) electrons. The zero-order valence-electron chi connectivity index (χ0n) is 14.6. The molecular weight excluding hydrogens is 360 g/mol. The number of carbonyl (C=O) groups is 2. The molecule has 1 aliphatic heterocycles. The first kappa shape index (κ1) is 19.7. The van der Waals surface area contributed by atoms with Crippen molar-refractivity contribution < 1.29 is 19.2 Å². The molecule has 0 aliphatic carbocycles. The number of nitrogens with one attached hydrogen (secondary N) is 2. The van der Waals surface area contributed by atoms with Gasteiger partial charge >= 0.3 is 0 Å². The fraction of sp³-hybridized carbons (Fsp3) is 0.438. The normalized spacial score (nSPS) is 18.1. The third-order valence-corrected chi connectivity index (χ3v) is 4.53. The lowest BCUT2D eigenvalue weighted by Crippen LogP contribution is -2.28. The average molecular weight is 380 g/mol. The van der Waals surface area contributed by atoms with Gasteiger partial charge in [-0.05, 0) is 12.0 Å². The Labute approximate surface area is 154 Å². The summed E-state index contributed by atoms with van der Waals surface area (Å²) in [5, 5.41) is 16.0. The van der Waals surface area contributed by atoms with Crippen molar-refractivity contribution in [3.05, 3.63) is 28.3 Å². The molecule has 1 atom stereocenters. The molecule has 0 bridgehead atoms. The number of thioether (sulfide) groups is 1. The van der Waals surface area contributed by atoms with Gasteiger partial charge in [-0.3, -0.25) is 24.7 Å². The van der Waals surface area contributed by atoms with E-state index in [2.05, 4.69) is 15.6 Å². The van der Waals surface area contributed by atoms with E-state index in [0.717, 1.165) is 0 Å². The van der Waals surface area contributed by atoms with Gasteiger partial charge in [-0.1, -0.05) is 25.6 Å². The van der Waals surface area contributed by atoms with E-state index >= 15 is 0 Å². The average Bonchev–Trinajstić information content (AvgIpc) is 2.92. The highest BCUT2D eigenvalue weighted by Gasteiger charge is 2.32. The molecule has 2 N–H and O–H groups in total. The highest BCUT2D eigenvalue weighted by atomic mass is 32.2. The summed E-state index contributed by atoms with van der Waals surface area (Å²) < 4.78 is 5.10. The molecule has 0 saturated carbocycles. The minimum absolute atomic E-state index is 0.0803. The number of non-ortho nitro benzene ring substituents is 1. The molecule has 140 valence electrons. The van der Waals surface area contributed by atoms with Crippen molar-refractivity contribution in [2.45, 2.75) is 25.5 Å². The summed E-state index contributed by atoms with van der Waals surface area (Å²) in [6.07, 6.45) is -0.0803. The first-order valence-electron chi connectivity index (χ1n) is 7.94. The van der Waals surface area contributed by atoms with Crippen molar-refractivity contribution in [2.24, 2.45) is 10.9 Å². The summed E-state index contributed by atoms with van der Waals surface area (Å²) in [5.41, 5.74) is 0.0148. The molecule has 0 aromatic heterocycles. The smallest absolute Gasteiger partial charge is 0.271 e. The maximum Gasteiger partial charge on any atom is 0.271 e. The van der Waals surface area contributed by atoms with Crippen molar-refractivity contribution in [2.75, 3.05) is 19.0 Å². The van der Waals surface area contributed by atoms with Crippen molar-refractivity contribution in [1.29, 1.82) is 0 Å². The van der Waals surface area contributed by atoms with Crippen LogP contribution in [0.25, 0.3) is 0 Å². The van der Waals surface area contributed by atoms with Crippen molar-refractivity contribution >= 4 is 40.1 Å². The molecule has 1 aromatic rings. The molecule has 2 amide bonds. The molecule has 1 heterocycles. The number of hydrogen-bond donors (Lipinski definition) is 2. The van der Waals surface area contributed by atoms with E-state index in [9.17, 15) is 19.7 Å². The predicted octanol–water partition coefficient (Wildman–Crippen LogP) is 2.18. The fourth-order valence-electron chi connectivity index (χ4n) is 2.16. The van der Waals surface area contributed by atoms with Crippen LogP contribution in [0.5, 0.6) is 5.75 Å². The lowest BCUT2D eigenvalue weighted by molar-refractivity contribution is -0.384. The monoisotopic (exact) mass is 380 g/mol.